The Bertz CT molecular complexity index is 1890. The standard InChI is InChI=1S/C35H22F6N4O6/c36-34(37,38)33(35(39,40)41,19-9-13-21(14-10-19)42-27(46)17-44-29(48)23-5-1-2-6-24(23)30(44)49)20-11-15-22(16-12-20)43-28(47)18-45-31(50)25-7-3-4-8-26(25)32(45)51/h1-16H,17-18H2,(H,42,46)(H,43,47). The summed E-state index contributed by atoms with van der Waals surface area (Å²) in [5, 5.41) is 4.52. The molecule has 10 nitrogen and oxygen atoms in total. The van der Waals surface area contributed by atoms with Crippen LogP contribution in [0.2, 0.25) is 0 Å². The predicted octanol–water partition coefficient (Wildman–Crippen LogP) is 5.57. The van der Waals surface area contributed by atoms with E-state index in [0.29, 0.717) is 34.1 Å². The Kier molecular flexibility index (Phi) is 8.49. The fraction of sp³-hybridized carbons (Fsp3) is 0.143. The van der Waals surface area contributed by atoms with Gasteiger partial charge in [-0.1, -0.05) is 48.5 Å². The molecule has 4 aromatic rings. The molecule has 2 aliphatic heterocycles. The molecule has 51 heavy (non-hydrogen) atoms. The van der Waals surface area contributed by atoms with Gasteiger partial charge in [-0.05, 0) is 59.7 Å². The van der Waals surface area contributed by atoms with Crippen LogP contribution in [0.4, 0.5) is 37.7 Å². The minimum absolute atomic E-state index is 0.0760. The summed E-state index contributed by atoms with van der Waals surface area (Å²) in [7, 11) is 0. The summed E-state index contributed by atoms with van der Waals surface area (Å²) in [4.78, 5) is 76.8. The lowest BCUT2D eigenvalue weighted by Crippen LogP contribution is -2.54. The van der Waals surface area contributed by atoms with Crippen molar-refractivity contribution in [2.24, 2.45) is 0 Å². The first-order chi connectivity index (χ1) is 24.0. The molecule has 0 bridgehead atoms. The molecule has 2 heterocycles. The normalized spacial score (nSPS) is 14.5. The first-order valence-electron chi connectivity index (χ1n) is 14.9. The Hall–Kier alpha value is -6.32. The molecule has 0 atom stereocenters. The molecule has 2 N–H and O–H groups in total. The molecule has 0 aliphatic carbocycles. The molecule has 260 valence electrons. The van der Waals surface area contributed by atoms with E-state index >= 15 is 0 Å². The zero-order valence-electron chi connectivity index (χ0n) is 25.8. The zero-order valence-corrected chi connectivity index (χ0v) is 25.8. The van der Waals surface area contributed by atoms with Gasteiger partial charge >= 0.3 is 12.4 Å². The monoisotopic (exact) mass is 708 g/mol. The predicted molar refractivity (Wildman–Crippen MR) is 167 cm³/mol. The quantitative estimate of drug-likeness (QED) is 0.182. The Balaban J connectivity index is 1.19. The number of rotatable bonds is 8. The van der Waals surface area contributed by atoms with Crippen molar-refractivity contribution >= 4 is 46.8 Å². The number of fused-ring (bicyclic) bond motifs is 2. The summed E-state index contributed by atoms with van der Waals surface area (Å²) in [5.41, 5.74) is -7.18. The summed E-state index contributed by atoms with van der Waals surface area (Å²) in [6.07, 6.45) is -11.9. The number of alkyl halides is 6. The number of anilines is 2. The Morgan fingerprint density at radius 1 is 0.471 bits per heavy atom. The number of nitrogens with zero attached hydrogens (tertiary/aromatic N) is 2. The summed E-state index contributed by atoms with van der Waals surface area (Å²) < 4.78 is 88.2. The molecule has 0 fully saturated rings. The molecule has 6 rings (SSSR count). The molecule has 16 heteroatoms. The van der Waals surface area contributed by atoms with Gasteiger partial charge in [-0.15, -0.1) is 0 Å². The summed E-state index contributed by atoms with van der Waals surface area (Å²) >= 11 is 0. The van der Waals surface area contributed by atoms with Crippen molar-refractivity contribution in [3.63, 3.8) is 0 Å². The van der Waals surface area contributed by atoms with E-state index in [0.717, 1.165) is 24.3 Å². The topological polar surface area (TPSA) is 133 Å². The third-order valence-electron chi connectivity index (χ3n) is 8.41. The van der Waals surface area contributed by atoms with E-state index in [9.17, 15) is 55.1 Å². The second-order valence-corrected chi connectivity index (χ2v) is 11.5. The van der Waals surface area contributed by atoms with Gasteiger partial charge in [-0.3, -0.25) is 38.6 Å². The third kappa shape index (κ3) is 5.87. The lowest BCUT2D eigenvalue weighted by Gasteiger charge is -2.38. The Morgan fingerprint density at radius 2 is 0.745 bits per heavy atom. The molecule has 0 unspecified atom stereocenters. The maximum Gasteiger partial charge on any atom is 0.411 e. The van der Waals surface area contributed by atoms with Crippen LogP contribution < -0.4 is 10.6 Å². The lowest BCUT2D eigenvalue weighted by atomic mass is 9.73. The zero-order chi connectivity index (χ0) is 36.9. The van der Waals surface area contributed by atoms with Crippen LogP contribution in [-0.2, 0) is 15.0 Å². The number of imide groups is 2. The van der Waals surface area contributed by atoms with E-state index < -0.39 is 77.4 Å². The van der Waals surface area contributed by atoms with Gasteiger partial charge in [0.1, 0.15) is 13.1 Å². The number of nitrogens with one attached hydrogen (secondary N) is 2. The van der Waals surface area contributed by atoms with Crippen molar-refractivity contribution in [2.45, 2.75) is 17.8 Å². The van der Waals surface area contributed by atoms with E-state index in [-0.39, 0.29) is 33.6 Å². The highest BCUT2D eigenvalue weighted by Crippen LogP contribution is 2.56. The molecule has 0 spiro atoms. The van der Waals surface area contributed by atoms with Crippen LogP contribution in [0.15, 0.2) is 97.1 Å². The van der Waals surface area contributed by atoms with Crippen LogP contribution in [0.25, 0.3) is 0 Å². The number of halogens is 6. The number of carbonyl (C=O) groups excluding carboxylic acids is 6. The minimum Gasteiger partial charge on any atom is -0.325 e. The van der Waals surface area contributed by atoms with Crippen LogP contribution in [-0.4, -0.2) is 70.7 Å². The molecular formula is C35H22F6N4O6. The van der Waals surface area contributed by atoms with Crippen molar-refractivity contribution < 1.29 is 55.1 Å². The molecule has 2 aliphatic rings. The van der Waals surface area contributed by atoms with Crippen molar-refractivity contribution in [3.05, 3.63) is 130 Å². The molecule has 0 aromatic heterocycles. The fourth-order valence-electron chi connectivity index (χ4n) is 6.04. The average molecular weight is 709 g/mol. The van der Waals surface area contributed by atoms with Crippen LogP contribution in [0.3, 0.4) is 0 Å². The van der Waals surface area contributed by atoms with Gasteiger partial charge in [-0.25, -0.2) is 0 Å². The largest absolute Gasteiger partial charge is 0.411 e. The molecule has 0 saturated heterocycles. The van der Waals surface area contributed by atoms with Crippen LogP contribution in [0.5, 0.6) is 0 Å². The molecule has 0 radical (unpaired) electrons. The molecule has 6 amide bonds. The number of carbonyl (C=O) groups is 6. The number of benzene rings is 4. The highest BCUT2D eigenvalue weighted by atomic mass is 19.4. The van der Waals surface area contributed by atoms with Gasteiger partial charge in [0.2, 0.25) is 17.2 Å². The second-order valence-electron chi connectivity index (χ2n) is 11.5. The van der Waals surface area contributed by atoms with E-state index in [1.807, 2.05) is 0 Å². The number of amides is 6. The lowest BCUT2D eigenvalue weighted by molar-refractivity contribution is -0.288. The summed E-state index contributed by atoms with van der Waals surface area (Å²) in [5.74, 6) is -4.83. The first-order valence-corrected chi connectivity index (χ1v) is 14.9. The maximum absolute atomic E-state index is 14.7. The van der Waals surface area contributed by atoms with Crippen molar-refractivity contribution in [1.82, 2.24) is 9.80 Å². The van der Waals surface area contributed by atoms with E-state index in [1.54, 1.807) is 0 Å². The minimum atomic E-state index is -5.95. The Labute approximate surface area is 283 Å². The Morgan fingerprint density at radius 3 is 1.00 bits per heavy atom. The van der Waals surface area contributed by atoms with Gasteiger partial charge in [0.05, 0.1) is 22.3 Å². The van der Waals surface area contributed by atoms with E-state index in [2.05, 4.69) is 10.6 Å². The highest BCUT2D eigenvalue weighted by Gasteiger charge is 2.72. The smallest absolute Gasteiger partial charge is 0.325 e. The fourth-order valence-corrected chi connectivity index (χ4v) is 6.04. The second kappa shape index (κ2) is 12.5. The van der Waals surface area contributed by atoms with Crippen LogP contribution >= 0.6 is 0 Å². The third-order valence-corrected chi connectivity index (χ3v) is 8.41. The molecule has 0 saturated carbocycles. The average Bonchev–Trinajstić information content (AvgIpc) is 3.45. The maximum atomic E-state index is 14.7. The SMILES string of the molecule is O=C(CN1C(=O)c2ccccc2C1=O)Nc1ccc(C(c2ccc(NC(=O)CN3C(=O)c4ccccc4C3=O)cc2)(C(F)(F)F)C(F)(F)F)cc1. The van der Waals surface area contributed by atoms with Crippen molar-refractivity contribution in [3.8, 4) is 0 Å². The van der Waals surface area contributed by atoms with Gasteiger partial charge in [-0.2, -0.15) is 26.3 Å². The van der Waals surface area contributed by atoms with Gasteiger partial charge in [0.15, 0.2) is 0 Å². The van der Waals surface area contributed by atoms with Crippen LogP contribution in [0.1, 0.15) is 52.6 Å². The first kappa shape index (κ1) is 34.5. The number of hydrogen-bond acceptors (Lipinski definition) is 6. The van der Waals surface area contributed by atoms with Gasteiger partial charge in [0.25, 0.3) is 23.6 Å². The van der Waals surface area contributed by atoms with E-state index in [1.165, 1.54) is 48.5 Å². The van der Waals surface area contributed by atoms with Gasteiger partial charge in [0, 0.05) is 11.4 Å². The highest BCUT2D eigenvalue weighted by molar-refractivity contribution is 6.23. The number of hydrogen-bond donors (Lipinski definition) is 2. The van der Waals surface area contributed by atoms with Gasteiger partial charge < -0.3 is 10.6 Å². The summed E-state index contributed by atoms with van der Waals surface area (Å²) in [6, 6.07) is 17.1. The molecular weight excluding hydrogens is 686 g/mol. The summed E-state index contributed by atoms with van der Waals surface area (Å²) in [6.45, 7) is -1.52. The molecule has 4 aromatic carbocycles. The van der Waals surface area contributed by atoms with Crippen molar-refractivity contribution in [1.29, 1.82) is 0 Å². The van der Waals surface area contributed by atoms with Crippen molar-refractivity contribution in [2.75, 3.05) is 23.7 Å². The van der Waals surface area contributed by atoms with E-state index in [4.69, 9.17) is 0 Å². The van der Waals surface area contributed by atoms with Crippen LogP contribution in [0, 0.1) is 0 Å².